The van der Waals surface area contributed by atoms with Gasteiger partial charge in [-0.15, -0.1) is 0 Å². The van der Waals surface area contributed by atoms with Gasteiger partial charge < -0.3 is 10.1 Å². The maximum atomic E-state index is 13.7. The van der Waals surface area contributed by atoms with Gasteiger partial charge >= 0.3 is 0 Å². The summed E-state index contributed by atoms with van der Waals surface area (Å²) >= 11 is 0. The van der Waals surface area contributed by atoms with Gasteiger partial charge in [0.1, 0.15) is 0 Å². The van der Waals surface area contributed by atoms with E-state index >= 15 is 0 Å². The van der Waals surface area contributed by atoms with E-state index in [1.165, 1.54) is 0 Å². The average Bonchev–Trinajstić information content (AvgIpc) is 2.33. The zero-order valence-electron chi connectivity index (χ0n) is 11.6. The number of benzene rings is 1. The second-order valence-electron chi connectivity index (χ2n) is 4.93. The van der Waals surface area contributed by atoms with Crippen molar-refractivity contribution >= 4 is 0 Å². The van der Waals surface area contributed by atoms with Gasteiger partial charge in [0.2, 0.25) is 0 Å². The summed E-state index contributed by atoms with van der Waals surface area (Å²) in [5.74, 6) is 0.759. The van der Waals surface area contributed by atoms with E-state index in [-0.39, 0.29) is 5.82 Å². The van der Waals surface area contributed by atoms with E-state index in [0.29, 0.717) is 24.8 Å². The number of halogens is 1. The number of hydrogen-bond donors (Lipinski definition) is 1. The van der Waals surface area contributed by atoms with Gasteiger partial charge in [0.15, 0.2) is 11.6 Å². The maximum absolute atomic E-state index is 13.7. The van der Waals surface area contributed by atoms with Crippen molar-refractivity contribution in [3.05, 3.63) is 29.6 Å². The van der Waals surface area contributed by atoms with Crippen LogP contribution in [0, 0.1) is 11.7 Å². The Labute approximate surface area is 110 Å². The van der Waals surface area contributed by atoms with E-state index in [0.717, 1.165) is 24.9 Å². The molecule has 0 unspecified atom stereocenters. The summed E-state index contributed by atoms with van der Waals surface area (Å²) in [6, 6.07) is 5.17. The van der Waals surface area contributed by atoms with Gasteiger partial charge in [0.25, 0.3) is 0 Å². The van der Waals surface area contributed by atoms with Crippen LogP contribution in [-0.4, -0.2) is 13.2 Å². The van der Waals surface area contributed by atoms with E-state index in [1.807, 2.05) is 13.0 Å². The summed E-state index contributed by atoms with van der Waals surface area (Å²) in [7, 11) is 0. The highest BCUT2D eigenvalue weighted by Crippen LogP contribution is 2.19. The minimum Gasteiger partial charge on any atom is -0.491 e. The summed E-state index contributed by atoms with van der Waals surface area (Å²) in [5, 5.41) is 3.17. The topological polar surface area (TPSA) is 21.3 Å². The highest BCUT2D eigenvalue weighted by atomic mass is 19.1. The number of hydrogen-bond acceptors (Lipinski definition) is 2. The first kappa shape index (κ1) is 15.0. The summed E-state index contributed by atoms with van der Waals surface area (Å²) < 4.78 is 19.2. The lowest BCUT2D eigenvalue weighted by atomic mass is 10.1. The Morgan fingerprint density at radius 1 is 1.33 bits per heavy atom. The molecule has 0 atom stereocenters. The lowest BCUT2D eigenvalue weighted by molar-refractivity contribution is 0.284. The zero-order valence-corrected chi connectivity index (χ0v) is 11.6. The monoisotopic (exact) mass is 253 g/mol. The van der Waals surface area contributed by atoms with Crippen LogP contribution in [0.4, 0.5) is 4.39 Å². The van der Waals surface area contributed by atoms with E-state index in [2.05, 4.69) is 19.2 Å². The highest BCUT2D eigenvalue weighted by Gasteiger charge is 2.04. The van der Waals surface area contributed by atoms with Crippen LogP contribution < -0.4 is 10.1 Å². The number of nitrogens with one attached hydrogen (secondary N) is 1. The molecule has 2 nitrogen and oxygen atoms in total. The van der Waals surface area contributed by atoms with Crippen molar-refractivity contribution in [2.45, 2.75) is 40.2 Å². The van der Waals surface area contributed by atoms with Gasteiger partial charge in [-0.05, 0) is 43.0 Å². The van der Waals surface area contributed by atoms with Crippen molar-refractivity contribution in [2.24, 2.45) is 5.92 Å². The summed E-state index contributed by atoms with van der Waals surface area (Å²) in [6.45, 7) is 8.55. The molecule has 0 radical (unpaired) electrons. The standard InChI is InChI=1S/C15H24FNO/c1-4-17-11-13-7-8-15(14(16)10-13)18-9-5-6-12(2)3/h7-8,10,12,17H,4-6,9,11H2,1-3H3. The van der Waals surface area contributed by atoms with Crippen LogP contribution in [0.2, 0.25) is 0 Å². The minimum absolute atomic E-state index is 0.269. The van der Waals surface area contributed by atoms with E-state index < -0.39 is 0 Å². The molecule has 0 aliphatic rings. The van der Waals surface area contributed by atoms with Crippen molar-refractivity contribution in [2.75, 3.05) is 13.2 Å². The van der Waals surface area contributed by atoms with Crippen LogP contribution in [0.5, 0.6) is 5.75 Å². The quantitative estimate of drug-likeness (QED) is 0.712. The first-order chi connectivity index (χ1) is 8.63. The fourth-order valence-electron chi connectivity index (χ4n) is 1.71. The van der Waals surface area contributed by atoms with Gasteiger partial charge in [0, 0.05) is 6.54 Å². The first-order valence-electron chi connectivity index (χ1n) is 6.75. The molecule has 1 aromatic carbocycles. The second-order valence-corrected chi connectivity index (χ2v) is 4.93. The van der Waals surface area contributed by atoms with Crippen LogP contribution >= 0.6 is 0 Å². The largest absolute Gasteiger partial charge is 0.491 e. The molecular weight excluding hydrogens is 229 g/mol. The van der Waals surface area contributed by atoms with E-state index in [4.69, 9.17) is 4.74 Å². The third-order valence-electron chi connectivity index (χ3n) is 2.76. The van der Waals surface area contributed by atoms with Gasteiger partial charge in [-0.1, -0.05) is 26.8 Å². The van der Waals surface area contributed by atoms with Crippen LogP contribution in [0.15, 0.2) is 18.2 Å². The average molecular weight is 253 g/mol. The molecule has 0 aromatic heterocycles. The molecule has 18 heavy (non-hydrogen) atoms. The predicted octanol–water partition coefficient (Wildman–Crippen LogP) is 3.75. The predicted molar refractivity (Wildman–Crippen MR) is 73.3 cm³/mol. The first-order valence-corrected chi connectivity index (χ1v) is 6.75. The normalized spacial score (nSPS) is 10.9. The zero-order chi connectivity index (χ0) is 13.4. The number of rotatable bonds is 8. The molecule has 0 aliphatic heterocycles. The molecule has 1 aromatic rings. The lowest BCUT2D eigenvalue weighted by Gasteiger charge is -2.10. The molecule has 0 amide bonds. The molecule has 0 fully saturated rings. The maximum Gasteiger partial charge on any atom is 0.165 e. The Bertz CT molecular complexity index is 352. The number of ether oxygens (including phenoxy) is 1. The SMILES string of the molecule is CCNCc1ccc(OCCCC(C)C)c(F)c1. The lowest BCUT2D eigenvalue weighted by Crippen LogP contribution is -2.12. The molecule has 0 heterocycles. The van der Waals surface area contributed by atoms with Crippen LogP contribution in [0.25, 0.3) is 0 Å². The van der Waals surface area contributed by atoms with Crippen LogP contribution in [0.3, 0.4) is 0 Å². The molecular formula is C15H24FNO. The molecule has 1 N–H and O–H groups in total. The van der Waals surface area contributed by atoms with E-state index in [1.54, 1.807) is 12.1 Å². The second kappa shape index (κ2) is 8.09. The molecule has 0 aliphatic carbocycles. The minimum atomic E-state index is -0.269. The molecule has 0 spiro atoms. The Hall–Kier alpha value is -1.09. The van der Waals surface area contributed by atoms with Crippen molar-refractivity contribution in [1.29, 1.82) is 0 Å². The molecule has 3 heteroatoms. The Balaban J connectivity index is 2.42. The van der Waals surface area contributed by atoms with Crippen LogP contribution in [-0.2, 0) is 6.54 Å². The molecule has 0 bridgehead atoms. The highest BCUT2D eigenvalue weighted by molar-refractivity contribution is 5.29. The molecule has 0 saturated carbocycles. The van der Waals surface area contributed by atoms with Crippen molar-refractivity contribution in [3.63, 3.8) is 0 Å². The summed E-state index contributed by atoms with van der Waals surface area (Å²) in [4.78, 5) is 0. The third kappa shape index (κ3) is 5.50. The Morgan fingerprint density at radius 2 is 2.11 bits per heavy atom. The summed E-state index contributed by atoms with van der Waals surface area (Å²) in [5.41, 5.74) is 0.948. The van der Waals surface area contributed by atoms with Gasteiger partial charge in [-0.2, -0.15) is 0 Å². The summed E-state index contributed by atoms with van der Waals surface area (Å²) in [6.07, 6.45) is 2.08. The smallest absolute Gasteiger partial charge is 0.165 e. The molecule has 102 valence electrons. The van der Waals surface area contributed by atoms with E-state index in [9.17, 15) is 4.39 Å². The molecule has 0 saturated heterocycles. The Kier molecular flexibility index (Phi) is 6.73. The fourth-order valence-corrected chi connectivity index (χ4v) is 1.71. The third-order valence-corrected chi connectivity index (χ3v) is 2.76. The van der Waals surface area contributed by atoms with Crippen LogP contribution in [0.1, 0.15) is 39.2 Å². The van der Waals surface area contributed by atoms with Gasteiger partial charge in [-0.3, -0.25) is 0 Å². The van der Waals surface area contributed by atoms with Crippen molar-refractivity contribution in [1.82, 2.24) is 5.32 Å². The van der Waals surface area contributed by atoms with Gasteiger partial charge in [-0.25, -0.2) is 4.39 Å². The Morgan fingerprint density at radius 3 is 2.72 bits per heavy atom. The van der Waals surface area contributed by atoms with Gasteiger partial charge in [0.05, 0.1) is 6.61 Å². The molecule has 1 rings (SSSR count). The van der Waals surface area contributed by atoms with Crippen molar-refractivity contribution in [3.8, 4) is 5.75 Å². The fraction of sp³-hybridized carbons (Fsp3) is 0.600. The van der Waals surface area contributed by atoms with Crippen molar-refractivity contribution < 1.29 is 9.13 Å².